The standard InChI is InChI=1S/C20H23F2N5O2/c21-20(22)6-3-8-27(9-7-20)18-15(10-13-4-1-2-5-16(13)25-18)19(29)24-14-11-17(28)26-23-12-14/h10-12H,1-9H2,(H2,24,26,28,29). The molecule has 0 saturated carbocycles. The second-order valence-corrected chi connectivity index (χ2v) is 7.66. The summed E-state index contributed by atoms with van der Waals surface area (Å²) >= 11 is 0. The molecule has 154 valence electrons. The predicted molar refractivity (Wildman–Crippen MR) is 105 cm³/mol. The SMILES string of the molecule is O=C(Nc1cn[nH]c(=O)c1)c1cc2c(nc1N1CCCC(F)(F)CC1)CCCC2. The number of hydrogen-bond acceptors (Lipinski definition) is 5. The molecule has 2 aromatic heterocycles. The van der Waals surface area contributed by atoms with E-state index in [2.05, 4.69) is 15.5 Å². The zero-order valence-corrected chi connectivity index (χ0v) is 16.0. The summed E-state index contributed by atoms with van der Waals surface area (Å²) < 4.78 is 27.7. The lowest BCUT2D eigenvalue weighted by Crippen LogP contribution is -2.30. The van der Waals surface area contributed by atoms with Gasteiger partial charge in [0.1, 0.15) is 5.82 Å². The highest BCUT2D eigenvalue weighted by molar-refractivity contribution is 6.07. The summed E-state index contributed by atoms with van der Waals surface area (Å²) in [6.45, 7) is 0.569. The first-order chi connectivity index (χ1) is 13.9. The van der Waals surface area contributed by atoms with Crippen LogP contribution < -0.4 is 15.8 Å². The van der Waals surface area contributed by atoms with Crippen LogP contribution in [0.15, 0.2) is 23.1 Å². The van der Waals surface area contributed by atoms with Gasteiger partial charge in [0.2, 0.25) is 5.92 Å². The average molecular weight is 403 g/mol. The van der Waals surface area contributed by atoms with Gasteiger partial charge in [-0.05, 0) is 43.7 Å². The summed E-state index contributed by atoms with van der Waals surface area (Å²) in [6, 6.07) is 3.07. The molecule has 7 nitrogen and oxygen atoms in total. The van der Waals surface area contributed by atoms with Crippen molar-refractivity contribution in [3.8, 4) is 0 Å². The van der Waals surface area contributed by atoms with Crippen molar-refractivity contribution >= 4 is 17.4 Å². The molecule has 1 amide bonds. The van der Waals surface area contributed by atoms with E-state index in [1.165, 1.54) is 12.3 Å². The van der Waals surface area contributed by atoms with Crippen LogP contribution in [0.1, 0.15) is 53.7 Å². The fraction of sp³-hybridized carbons (Fsp3) is 0.500. The quantitative estimate of drug-likeness (QED) is 0.822. The van der Waals surface area contributed by atoms with Gasteiger partial charge in [0.05, 0.1) is 17.4 Å². The van der Waals surface area contributed by atoms with Gasteiger partial charge in [0.25, 0.3) is 11.5 Å². The van der Waals surface area contributed by atoms with Crippen molar-refractivity contribution in [1.82, 2.24) is 15.2 Å². The molecule has 4 rings (SSSR count). The molecule has 0 atom stereocenters. The summed E-state index contributed by atoms with van der Waals surface area (Å²) in [5.41, 5.74) is 2.15. The Hall–Kier alpha value is -2.84. The highest BCUT2D eigenvalue weighted by Crippen LogP contribution is 2.32. The van der Waals surface area contributed by atoms with Crippen molar-refractivity contribution in [1.29, 1.82) is 0 Å². The van der Waals surface area contributed by atoms with Gasteiger partial charge in [-0.3, -0.25) is 9.59 Å². The lowest BCUT2D eigenvalue weighted by Gasteiger charge is -2.27. The second-order valence-electron chi connectivity index (χ2n) is 7.66. The summed E-state index contributed by atoms with van der Waals surface area (Å²) in [6.07, 6.45) is 4.99. The smallest absolute Gasteiger partial charge is 0.266 e. The maximum atomic E-state index is 13.8. The van der Waals surface area contributed by atoms with E-state index >= 15 is 0 Å². The number of carbonyl (C=O) groups excluding carboxylic acids is 1. The second kappa shape index (κ2) is 7.88. The molecule has 29 heavy (non-hydrogen) atoms. The number of fused-ring (bicyclic) bond motifs is 1. The summed E-state index contributed by atoms with van der Waals surface area (Å²) in [5, 5.41) is 8.62. The van der Waals surface area contributed by atoms with E-state index in [1.54, 1.807) is 4.90 Å². The van der Waals surface area contributed by atoms with Crippen molar-refractivity contribution in [2.24, 2.45) is 0 Å². The highest BCUT2D eigenvalue weighted by atomic mass is 19.3. The number of nitrogens with one attached hydrogen (secondary N) is 2. The summed E-state index contributed by atoms with van der Waals surface area (Å²) in [4.78, 5) is 31.0. The number of aryl methyl sites for hydroxylation is 2. The van der Waals surface area contributed by atoms with Crippen LogP contribution in [0.2, 0.25) is 0 Å². The van der Waals surface area contributed by atoms with E-state index in [4.69, 9.17) is 4.98 Å². The Morgan fingerprint density at radius 1 is 1.14 bits per heavy atom. The van der Waals surface area contributed by atoms with Crippen LogP contribution in [0, 0.1) is 0 Å². The van der Waals surface area contributed by atoms with Crippen LogP contribution in [-0.2, 0) is 12.8 Å². The molecular weight excluding hydrogens is 380 g/mol. The Morgan fingerprint density at radius 2 is 1.97 bits per heavy atom. The van der Waals surface area contributed by atoms with Gasteiger partial charge in [-0.25, -0.2) is 18.9 Å². The molecule has 1 aliphatic heterocycles. The van der Waals surface area contributed by atoms with E-state index in [0.29, 0.717) is 24.3 Å². The van der Waals surface area contributed by atoms with Crippen molar-refractivity contribution in [2.75, 3.05) is 23.3 Å². The maximum absolute atomic E-state index is 13.8. The van der Waals surface area contributed by atoms with Crippen molar-refractivity contribution < 1.29 is 13.6 Å². The molecule has 9 heteroatoms. The van der Waals surface area contributed by atoms with Crippen molar-refractivity contribution in [3.63, 3.8) is 0 Å². The first-order valence-electron chi connectivity index (χ1n) is 9.93. The van der Waals surface area contributed by atoms with Gasteiger partial charge < -0.3 is 10.2 Å². The Labute approximate surface area is 166 Å². The zero-order valence-electron chi connectivity index (χ0n) is 16.0. The van der Waals surface area contributed by atoms with E-state index in [1.807, 2.05) is 6.07 Å². The third kappa shape index (κ3) is 4.44. The molecule has 2 aliphatic rings. The van der Waals surface area contributed by atoms with Gasteiger partial charge in [-0.15, -0.1) is 0 Å². The lowest BCUT2D eigenvalue weighted by molar-refractivity contribution is -0.0102. The predicted octanol–water partition coefficient (Wildman–Crippen LogP) is 2.92. The molecule has 0 radical (unpaired) electrons. The number of aromatic nitrogens is 3. The monoisotopic (exact) mass is 403 g/mol. The Kier molecular flexibility index (Phi) is 5.29. The summed E-state index contributed by atoms with van der Waals surface area (Å²) in [7, 11) is 0. The number of aromatic amines is 1. The number of hydrogen-bond donors (Lipinski definition) is 2. The fourth-order valence-corrected chi connectivity index (χ4v) is 3.95. The van der Waals surface area contributed by atoms with Crippen molar-refractivity contribution in [3.05, 3.63) is 45.5 Å². The number of carbonyl (C=O) groups is 1. The van der Waals surface area contributed by atoms with Gasteiger partial charge in [-0.2, -0.15) is 5.10 Å². The Balaban J connectivity index is 1.69. The van der Waals surface area contributed by atoms with Gasteiger partial charge in [0.15, 0.2) is 0 Å². The minimum Gasteiger partial charge on any atom is -0.356 e. The number of H-pyrrole nitrogens is 1. The van der Waals surface area contributed by atoms with E-state index < -0.39 is 17.4 Å². The topological polar surface area (TPSA) is 91.0 Å². The molecule has 1 fully saturated rings. The van der Waals surface area contributed by atoms with Crippen LogP contribution in [0.5, 0.6) is 0 Å². The molecular formula is C20H23F2N5O2. The minimum atomic E-state index is -2.69. The normalized spacial score (nSPS) is 18.6. The fourth-order valence-electron chi connectivity index (χ4n) is 3.95. The van der Waals surface area contributed by atoms with Gasteiger partial charge in [0, 0.05) is 37.7 Å². The highest BCUT2D eigenvalue weighted by Gasteiger charge is 2.33. The largest absolute Gasteiger partial charge is 0.356 e. The molecule has 0 aromatic carbocycles. The van der Waals surface area contributed by atoms with Crippen LogP contribution >= 0.6 is 0 Å². The third-order valence-corrected chi connectivity index (χ3v) is 5.47. The molecule has 1 aliphatic carbocycles. The lowest BCUT2D eigenvalue weighted by atomic mass is 9.94. The minimum absolute atomic E-state index is 0.144. The first-order valence-corrected chi connectivity index (χ1v) is 9.93. The summed E-state index contributed by atoms with van der Waals surface area (Å²) in [5.74, 6) is -2.68. The van der Waals surface area contributed by atoms with Crippen molar-refractivity contribution in [2.45, 2.75) is 50.9 Å². The van der Waals surface area contributed by atoms with E-state index in [0.717, 1.165) is 36.9 Å². The number of pyridine rings is 1. The third-order valence-electron chi connectivity index (χ3n) is 5.47. The number of nitrogens with zero attached hydrogens (tertiary/aromatic N) is 3. The van der Waals surface area contributed by atoms with Crippen LogP contribution in [0.4, 0.5) is 20.3 Å². The molecule has 0 bridgehead atoms. The Morgan fingerprint density at radius 3 is 2.79 bits per heavy atom. The number of rotatable bonds is 3. The average Bonchev–Trinajstić information content (AvgIpc) is 2.87. The van der Waals surface area contributed by atoms with Crippen LogP contribution in [0.3, 0.4) is 0 Å². The number of halogens is 2. The van der Waals surface area contributed by atoms with Crippen LogP contribution in [-0.4, -0.2) is 40.1 Å². The molecule has 2 aromatic rings. The first kappa shape index (κ1) is 19.5. The Bertz CT molecular complexity index is 976. The zero-order chi connectivity index (χ0) is 20.4. The maximum Gasteiger partial charge on any atom is 0.266 e. The molecule has 3 heterocycles. The van der Waals surface area contributed by atoms with Gasteiger partial charge in [-0.1, -0.05) is 0 Å². The number of alkyl halides is 2. The number of amides is 1. The van der Waals surface area contributed by atoms with E-state index in [9.17, 15) is 18.4 Å². The van der Waals surface area contributed by atoms with Gasteiger partial charge >= 0.3 is 0 Å². The molecule has 0 spiro atoms. The molecule has 2 N–H and O–H groups in total. The van der Waals surface area contributed by atoms with Crippen LogP contribution in [0.25, 0.3) is 0 Å². The number of anilines is 2. The molecule has 0 unspecified atom stereocenters. The van der Waals surface area contributed by atoms with E-state index in [-0.39, 0.29) is 25.1 Å². The molecule has 1 saturated heterocycles.